The van der Waals surface area contributed by atoms with E-state index in [0.717, 1.165) is 17.8 Å². The predicted octanol–water partition coefficient (Wildman–Crippen LogP) is 6.89. The molecule has 3 rings (SSSR count). The van der Waals surface area contributed by atoms with Crippen LogP contribution in [-0.4, -0.2) is 0 Å². The van der Waals surface area contributed by atoms with E-state index in [2.05, 4.69) is 86.4 Å². The van der Waals surface area contributed by atoms with Crippen LogP contribution >= 0.6 is 22.6 Å². The van der Waals surface area contributed by atoms with Crippen molar-refractivity contribution in [2.45, 2.75) is 46.0 Å². The third kappa shape index (κ3) is 3.09. The third-order valence-electron chi connectivity index (χ3n) is 6.19. The standard InChI is InChI=1S/C22H27I/c1-5-6-7-20-15(2)19-13-10-17(14-21(19)22(20,3)4)16-8-11-18(23)12-9-16/h5-9,11-12,17,19,21H,1,10,13-14H2,2-4H3/b7-6-/t17-,19?,21?/m1/s1. The van der Waals surface area contributed by atoms with E-state index in [1.807, 2.05) is 6.08 Å². The van der Waals surface area contributed by atoms with Gasteiger partial charge in [-0.1, -0.05) is 56.4 Å². The molecule has 0 saturated heterocycles. The highest BCUT2D eigenvalue weighted by Crippen LogP contribution is 2.58. The second-order valence-corrected chi connectivity index (χ2v) is 8.93. The fourth-order valence-electron chi connectivity index (χ4n) is 4.94. The lowest BCUT2D eigenvalue weighted by molar-refractivity contribution is 0.160. The molecule has 0 heterocycles. The van der Waals surface area contributed by atoms with Crippen LogP contribution in [0.15, 0.2) is 60.2 Å². The molecule has 0 radical (unpaired) electrons. The molecule has 3 atom stereocenters. The zero-order valence-electron chi connectivity index (χ0n) is 14.5. The van der Waals surface area contributed by atoms with E-state index in [9.17, 15) is 0 Å². The van der Waals surface area contributed by atoms with Gasteiger partial charge in [0.25, 0.3) is 0 Å². The molecule has 2 aliphatic carbocycles. The number of fused-ring (bicyclic) bond motifs is 1. The monoisotopic (exact) mass is 418 g/mol. The summed E-state index contributed by atoms with van der Waals surface area (Å²) in [6.07, 6.45) is 10.3. The van der Waals surface area contributed by atoms with Crippen LogP contribution in [0.4, 0.5) is 0 Å². The molecule has 1 fully saturated rings. The Labute approximate surface area is 154 Å². The third-order valence-corrected chi connectivity index (χ3v) is 6.91. The molecule has 0 spiro atoms. The smallest absolute Gasteiger partial charge is 0.0130 e. The maximum Gasteiger partial charge on any atom is 0.0130 e. The van der Waals surface area contributed by atoms with Crippen LogP contribution in [0.3, 0.4) is 0 Å². The van der Waals surface area contributed by atoms with Crippen molar-refractivity contribution in [2.75, 3.05) is 0 Å². The first-order valence-electron chi connectivity index (χ1n) is 8.71. The van der Waals surface area contributed by atoms with Crippen LogP contribution < -0.4 is 0 Å². The summed E-state index contributed by atoms with van der Waals surface area (Å²) in [5.41, 5.74) is 4.98. The largest absolute Gasteiger partial charge is 0.0991 e. The van der Waals surface area contributed by atoms with Gasteiger partial charge in [0.2, 0.25) is 0 Å². The molecule has 1 aromatic carbocycles. The molecule has 0 N–H and O–H groups in total. The molecule has 0 bridgehead atoms. The molecular formula is C22H27I. The van der Waals surface area contributed by atoms with E-state index in [4.69, 9.17) is 0 Å². The van der Waals surface area contributed by atoms with Crippen molar-refractivity contribution in [2.24, 2.45) is 17.3 Å². The van der Waals surface area contributed by atoms with Gasteiger partial charge in [-0.15, -0.1) is 0 Å². The summed E-state index contributed by atoms with van der Waals surface area (Å²) in [5.74, 6) is 2.27. The van der Waals surface area contributed by atoms with Crippen molar-refractivity contribution in [3.8, 4) is 0 Å². The number of benzene rings is 1. The van der Waals surface area contributed by atoms with Crippen LogP contribution in [0.5, 0.6) is 0 Å². The molecule has 1 heteroatoms. The van der Waals surface area contributed by atoms with Crippen molar-refractivity contribution in [3.05, 3.63) is 69.4 Å². The van der Waals surface area contributed by atoms with Crippen molar-refractivity contribution in [1.29, 1.82) is 0 Å². The fraction of sp³-hybridized carbons (Fsp3) is 0.455. The van der Waals surface area contributed by atoms with Gasteiger partial charge in [0, 0.05) is 3.57 Å². The number of hydrogen-bond acceptors (Lipinski definition) is 0. The van der Waals surface area contributed by atoms with Crippen molar-refractivity contribution >= 4 is 22.6 Å². The van der Waals surface area contributed by atoms with Gasteiger partial charge in [0.05, 0.1) is 0 Å². The number of hydrogen-bond donors (Lipinski definition) is 0. The Morgan fingerprint density at radius 2 is 1.87 bits per heavy atom. The Hall–Kier alpha value is -0.830. The first-order valence-corrected chi connectivity index (χ1v) is 9.79. The Kier molecular flexibility index (Phi) is 4.87. The average Bonchev–Trinajstić information content (AvgIpc) is 2.73. The second kappa shape index (κ2) is 6.58. The highest BCUT2D eigenvalue weighted by molar-refractivity contribution is 14.1. The van der Waals surface area contributed by atoms with Gasteiger partial charge in [-0.25, -0.2) is 0 Å². The second-order valence-electron chi connectivity index (χ2n) is 7.69. The summed E-state index contributed by atoms with van der Waals surface area (Å²) in [4.78, 5) is 0. The Morgan fingerprint density at radius 1 is 1.17 bits per heavy atom. The van der Waals surface area contributed by atoms with E-state index in [1.54, 1.807) is 11.1 Å². The van der Waals surface area contributed by atoms with Crippen LogP contribution in [-0.2, 0) is 0 Å². The lowest BCUT2D eigenvalue weighted by atomic mass is 9.64. The summed E-state index contributed by atoms with van der Waals surface area (Å²) in [6, 6.07) is 9.19. The molecule has 2 unspecified atom stereocenters. The highest BCUT2D eigenvalue weighted by Gasteiger charge is 2.48. The summed E-state index contributed by atoms with van der Waals surface area (Å²) in [5, 5.41) is 0. The van der Waals surface area contributed by atoms with E-state index in [1.165, 1.54) is 28.4 Å². The van der Waals surface area contributed by atoms with Gasteiger partial charge in [0.1, 0.15) is 0 Å². The van der Waals surface area contributed by atoms with Crippen LogP contribution in [0.25, 0.3) is 0 Å². The van der Waals surface area contributed by atoms with Crippen LogP contribution in [0, 0.1) is 20.8 Å². The molecular weight excluding hydrogens is 391 g/mol. The number of allylic oxidation sites excluding steroid dienone is 5. The van der Waals surface area contributed by atoms with Crippen molar-refractivity contribution < 1.29 is 0 Å². The minimum Gasteiger partial charge on any atom is -0.0991 e. The van der Waals surface area contributed by atoms with Crippen molar-refractivity contribution in [1.82, 2.24) is 0 Å². The summed E-state index contributed by atoms with van der Waals surface area (Å²) in [7, 11) is 0. The summed E-state index contributed by atoms with van der Waals surface area (Å²) < 4.78 is 1.33. The van der Waals surface area contributed by atoms with Crippen LogP contribution in [0.2, 0.25) is 0 Å². The topological polar surface area (TPSA) is 0 Å². The Balaban J connectivity index is 1.86. The SMILES string of the molecule is C=C/C=C\C1=C(C)C2CC[C@@H](c3ccc(I)cc3)CC2C1(C)C. The normalized spacial score (nSPS) is 29.8. The van der Waals surface area contributed by atoms with Gasteiger partial charge in [0.15, 0.2) is 0 Å². The van der Waals surface area contributed by atoms with Gasteiger partial charge >= 0.3 is 0 Å². The lowest BCUT2D eigenvalue weighted by Gasteiger charge is -2.40. The summed E-state index contributed by atoms with van der Waals surface area (Å²) in [6.45, 7) is 11.1. The molecule has 0 aromatic heterocycles. The molecule has 23 heavy (non-hydrogen) atoms. The molecule has 1 aromatic rings. The lowest BCUT2D eigenvalue weighted by Crippen LogP contribution is -2.31. The Morgan fingerprint density at radius 3 is 2.52 bits per heavy atom. The molecule has 0 nitrogen and oxygen atoms in total. The maximum atomic E-state index is 3.83. The number of rotatable bonds is 3. The van der Waals surface area contributed by atoms with E-state index in [0.29, 0.717) is 0 Å². The minimum absolute atomic E-state index is 0.274. The minimum atomic E-state index is 0.274. The molecule has 0 aliphatic heterocycles. The first-order chi connectivity index (χ1) is 10.9. The molecule has 1 saturated carbocycles. The van der Waals surface area contributed by atoms with E-state index in [-0.39, 0.29) is 5.41 Å². The van der Waals surface area contributed by atoms with Gasteiger partial charge < -0.3 is 0 Å². The fourth-order valence-corrected chi connectivity index (χ4v) is 5.30. The zero-order chi connectivity index (χ0) is 16.6. The predicted molar refractivity (Wildman–Crippen MR) is 109 cm³/mol. The van der Waals surface area contributed by atoms with E-state index < -0.39 is 0 Å². The number of halogens is 1. The quantitative estimate of drug-likeness (QED) is 0.370. The zero-order valence-corrected chi connectivity index (χ0v) is 16.6. The average molecular weight is 418 g/mol. The van der Waals surface area contributed by atoms with Gasteiger partial charge in [-0.3, -0.25) is 0 Å². The molecule has 122 valence electrons. The highest BCUT2D eigenvalue weighted by atomic mass is 127. The van der Waals surface area contributed by atoms with Crippen LogP contribution in [0.1, 0.15) is 51.5 Å². The van der Waals surface area contributed by atoms with E-state index >= 15 is 0 Å². The molecule has 2 aliphatic rings. The first kappa shape index (κ1) is 17.0. The molecule has 0 amide bonds. The maximum absolute atomic E-state index is 3.83. The summed E-state index contributed by atoms with van der Waals surface area (Å²) >= 11 is 2.39. The van der Waals surface area contributed by atoms with Gasteiger partial charge in [-0.05, 0) is 95.2 Å². The van der Waals surface area contributed by atoms with Gasteiger partial charge in [-0.2, -0.15) is 0 Å². The Bertz CT molecular complexity index is 645. The van der Waals surface area contributed by atoms with Crippen molar-refractivity contribution in [3.63, 3.8) is 0 Å².